The summed E-state index contributed by atoms with van der Waals surface area (Å²) < 4.78 is 0. The van der Waals surface area contributed by atoms with Crippen LogP contribution in [0.4, 0.5) is 0 Å². The number of carbonyl (C=O) groups excluding carboxylic acids is 2. The highest BCUT2D eigenvalue weighted by molar-refractivity contribution is 5.87. The molecule has 0 aromatic heterocycles. The minimum Gasteiger partial charge on any atom is -0.352 e. The summed E-state index contributed by atoms with van der Waals surface area (Å²) >= 11 is 0. The maximum atomic E-state index is 12.2. The molecule has 0 heterocycles. The Hall–Kier alpha value is -2.10. The second-order valence-corrected chi connectivity index (χ2v) is 7.56. The zero-order valence-electron chi connectivity index (χ0n) is 14.9. The van der Waals surface area contributed by atoms with Crippen LogP contribution >= 0.6 is 0 Å². The summed E-state index contributed by atoms with van der Waals surface area (Å²) in [6.07, 6.45) is 4.54. The highest BCUT2D eigenvalue weighted by atomic mass is 16.2. The van der Waals surface area contributed by atoms with E-state index in [4.69, 9.17) is 0 Å². The van der Waals surface area contributed by atoms with Crippen molar-refractivity contribution in [3.63, 3.8) is 0 Å². The Morgan fingerprint density at radius 3 is 2.29 bits per heavy atom. The van der Waals surface area contributed by atoms with Gasteiger partial charge in [-0.25, -0.2) is 0 Å². The molecule has 1 aromatic rings. The Labute approximate surface area is 144 Å². The van der Waals surface area contributed by atoms with Crippen LogP contribution in [0, 0.1) is 0 Å². The van der Waals surface area contributed by atoms with Crippen LogP contribution in [-0.2, 0) is 20.5 Å². The van der Waals surface area contributed by atoms with Crippen LogP contribution in [0.2, 0.25) is 0 Å². The number of rotatable bonds is 6. The maximum Gasteiger partial charge on any atom is 0.243 e. The van der Waals surface area contributed by atoms with Crippen molar-refractivity contribution in [1.82, 2.24) is 10.6 Å². The van der Waals surface area contributed by atoms with Gasteiger partial charge in [0, 0.05) is 13.0 Å². The van der Waals surface area contributed by atoms with E-state index in [1.54, 1.807) is 0 Å². The van der Waals surface area contributed by atoms with E-state index in [9.17, 15) is 9.59 Å². The van der Waals surface area contributed by atoms with Gasteiger partial charge in [0.25, 0.3) is 0 Å². The molecule has 0 radical (unpaired) electrons. The smallest absolute Gasteiger partial charge is 0.243 e. The topological polar surface area (TPSA) is 58.2 Å². The van der Waals surface area contributed by atoms with Crippen LogP contribution in [0.5, 0.6) is 0 Å². The van der Waals surface area contributed by atoms with E-state index in [-0.39, 0.29) is 29.2 Å². The zero-order chi connectivity index (χ0) is 17.8. The third kappa shape index (κ3) is 4.25. The van der Waals surface area contributed by atoms with Crippen molar-refractivity contribution < 1.29 is 9.59 Å². The third-order valence-corrected chi connectivity index (χ3v) is 4.73. The van der Waals surface area contributed by atoms with Gasteiger partial charge in [-0.05, 0) is 41.9 Å². The van der Waals surface area contributed by atoms with E-state index in [0.29, 0.717) is 6.54 Å². The van der Waals surface area contributed by atoms with E-state index in [1.807, 2.05) is 0 Å². The summed E-state index contributed by atoms with van der Waals surface area (Å²) in [5.41, 5.74) is 2.35. The first-order chi connectivity index (χ1) is 11.3. The number of benzene rings is 1. The summed E-state index contributed by atoms with van der Waals surface area (Å²) in [6.45, 7) is 10.3. The molecule has 0 atom stereocenters. The summed E-state index contributed by atoms with van der Waals surface area (Å²) in [5.74, 6) is -0.280. The van der Waals surface area contributed by atoms with E-state index in [1.165, 1.54) is 17.2 Å². The van der Waals surface area contributed by atoms with E-state index in [2.05, 4.69) is 62.2 Å². The number of amides is 2. The van der Waals surface area contributed by atoms with Crippen molar-refractivity contribution in [2.75, 3.05) is 6.54 Å². The molecule has 1 aromatic carbocycles. The first kappa shape index (κ1) is 18.2. The third-order valence-electron chi connectivity index (χ3n) is 4.73. The molecule has 0 unspecified atom stereocenters. The molecule has 2 N–H and O–H groups in total. The quantitative estimate of drug-likeness (QED) is 0.788. The lowest BCUT2D eigenvalue weighted by Gasteiger charge is -2.43. The van der Waals surface area contributed by atoms with Crippen molar-refractivity contribution >= 4 is 11.8 Å². The molecule has 2 amide bonds. The first-order valence-corrected chi connectivity index (χ1v) is 8.59. The second-order valence-electron chi connectivity index (χ2n) is 7.56. The van der Waals surface area contributed by atoms with Gasteiger partial charge in [0.2, 0.25) is 11.8 Å². The molecule has 2 rings (SSSR count). The Morgan fingerprint density at radius 2 is 1.83 bits per heavy atom. The average molecular weight is 328 g/mol. The van der Waals surface area contributed by atoms with Crippen LogP contribution in [0.1, 0.15) is 57.6 Å². The van der Waals surface area contributed by atoms with Crippen LogP contribution in [0.25, 0.3) is 0 Å². The summed E-state index contributed by atoms with van der Waals surface area (Å²) in [4.78, 5) is 23.4. The van der Waals surface area contributed by atoms with E-state index >= 15 is 0 Å². The molecule has 0 saturated heterocycles. The largest absolute Gasteiger partial charge is 0.352 e. The van der Waals surface area contributed by atoms with Gasteiger partial charge < -0.3 is 10.6 Å². The molecule has 0 bridgehead atoms. The van der Waals surface area contributed by atoms with Gasteiger partial charge in [-0.15, -0.1) is 0 Å². The predicted octanol–water partition coefficient (Wildman–Crippen LogP) is 3.17. The molecule has 1 aliphatic carbocycles. The van der Waals surface area contributed by atoms with Crippen LogP contribution < -0.4 is 10.6 Å². The Balaban J connectivity index is 2.00. The second kappa shape index (κ2) is 7.20. The summed E-state index contributed by atoms with van der Waals surface area (Å²) in [6, 6.07) is 8.59. The lowest BCUT2D eigenvalue weighted by molar-refractivity contribution is -0.124. The van der Waals surface area contributed by atoms with Gasteiger partial charge in [0.15, 0.2) is 0 Å². The SMILES string of the molecule is C=CC(=O)NCCC(=O)NC1(c2ccc(C(C)(C)C)cc2)CCC1. The molecule has 130 valence electrons. The van der Waals surface area contributed by atoms with Crippen molar-refractivity contribution in [3.05, 3.63) is 48.0 Å². The highest BCUT2D eigenvalue weighted by Crippen LogP contribution is 2.41. The standard InChI is InChI=1S/C20H28N2O2/c1-5-17(23)21-14-11-18(24)22-20(12-6-13-20)16-9-7-15(8-10-16)19(2,3)4/h5,7-10H,1,6,11-14H2,2-4H3,(H,21,23)(H,22,24). The molecule has 24 heavy (non-hydrogen) atoms. The van der Waals surface area contributed by atoms with Crippen molar-refractivity contribution in [1.29, 1.82) is 0 Å². The normalized spacial score (nSPS) is 16.0. The van der Waals surface area contributed by atoms with Crippen LogP contribution in [0.3, 0.4) is 0 Å². The van der Waals surface area contributed by atoms with Crippen molar-refractivity contribution in [3.8, 4) is 0 Å². The molecule has 1 saturated carbocycles. The van der Waals surface area contributed by atoms with Gasteiger partial charge >= 0.3 is 0 Å². The molecule has 1 aliphatic rings. The summed E-state index contributed by atoms with van der Waals surface area (Å²) in [5, 5.41) is 5.81. The summed E-state index contributed by atoms with van der Waals surface area (Å²) in [7, 11) is 0. The van der Waals surface area contributed by atoms with Crippen LogP contribution in [0.15, 0.2) is 36.9 Å². The fourth-order valence-corrected chi connectivity index (χ4v) is 3.01. The molecular formula is C20H28N2O2. The Morgan fingerprint density at radius 1 is 1.21 bits per heavy atom. The molecule has 4 nitrogen and oxygen atoms in total. The first-order valence-electron chi connectivity index (χ1n) is 8.59. The predicted molar refractivity (Wildman–Crippen MR) is 96.6 cm³/mol. The van der Waals surface area contributed by atoms with Gasteiger partial charge in [-0.1, -0.05) is 51.6 Å². The maximum absolute atomic E-state index is 12.2. The molecule has 4 heteroatoms. The minimum atomic E-state index is -0.251. The average Bonchev–Trinajstić information content (AvgIpc) is 2.50. The fourth-order valence-electron chi connectivity index (χ4n) is 3.01. The molecular weight excluding hydrogens is 300 g/mol. The monoisotopic (exact) mass is 328 g/mol. The van der Waals surface area contributed by atoms with Crippen molar-refractivity contribution in [2.24, 2.45) is 0 Å². The Bertz CT molecular complexity index is 608. The van der Waals surface area contributed by atoms with Crippen molar-refractivity contribution in [2.45, 2.75) is 57.4 Å². The number of hydrogen-bond acceptors (Lipinski definition) is 2. The van der Waals surface area contributed by atoms with Crippen LogP contribution in [-0.4, -0.2) is 18.4 Å². The molecule has 1 fully saturated rings. The van der Waals surface area contributed by atoms with E-state index < -0.39 is 0 Å². The van der Waals surface area contributed by atoms with Gasteiger partial charge in [-0.3, -0.25) is 9.59 Å². The zero-order valence-corrected chi connectivity index (χ0v) is 14.9. The van der Waals surface area contributed by atoms with Gasteiger partial charge in [0.1, 0.15) is 0 Å². The molecule has 0 aliphatic heterocycles. The van der Waals surface area contributed by atoms with E-state index in [0.717, 1.165) is 19.3 Å². The number of nitrogens with one attached hydrogen (secondary N) is 2. The number of carbonyl (C=O) groups is 2. The Kier molecular flexibility index (Phi) is 5.47. The van der Waals surface area contributed by atoms with Gasteiger partial charge in [0.05, 0.1) is 5.54 Å². The minimum absolute atomic E-state index is 0.0287. The lowest BCUT2D eigenvalue weighted by atomic mass is 9.71. The van der Waals surface area contributed by atoms with Gasteiger partial charge in [-0.2, -0.15) is 0 Å². The fraction of sp³-hybridized carbons (Fsp3) is 0.500. The number of hydrogen-bond donors (Lipinski definition) is 2. The molecule has 0 spiro atoms. The highest BCUT2D eigenvalue weighted by Gasteiger charge is 2.39. The lowest BCUT2D eigenvalue weighted by Crippen LogP contribution is -2.51.